The Bertz CT molecular complexity index is 1170. The second kappa shape index (κ2) is 13.0. The molecule has 2 aromatic carbocycles. The summed E-state index contributed by atoms with van der Waals surface area (Å²) < 4.78 is 39.0. The van der Waals surface area contributed by atoms with E-state index in [4.69, 9.17) is 9.47 Å². The van der Waals surface area contributed by atoms with Crippen molar-refractivity contribution in [3.05, 3.63) is 60.1 Å². The van der Waals surface area contributed by atoms with Crippen molar-refractivity contribution in [2.24, 2.45) is 0 Å². The Hall–Kier alpha value is -2.48. The highest BCUT2D eigenvalue weighted by Gasteiger charge is 2.28. The van der Waals surface area contributed by atoms with Gasteiger partial charge in [-0.3, -0.25) is 4.79 Å². The number of aromatic nitrogens is 1. The molecule has 3 N–H and O–H groups in total. The first-order chi connectivity index (χ1) is 16.8. The summed E-state index contributed by atoms with van der Waals surface area (Å²) >= 11 is 2.69. The lowest BCUT2D eigenvalue weighted by molar-refractivity contribution is -0.139. The number of rotatable bonds is 14. The van der Waals surface area contributed by atoms with Gasteiger partial charge in [-0.15, -0.1) is 11.3 Å². The van der Waals surface area contributed by atoms with Crippen molar-refractivity contribution in [1.29, 1.82) is 0 Å². The number of aliphatic hydroxyl groups is 1. The van der Waals surface area contributed by atoms with Crippen molar-refractivity contribution >= 4 is 39.1 Å². The third-order valence-corrected chi connectivity index (χ3v) is 8.42. The molecule has 1 heterocycles. The minimum Gasteiger partial charge on any atom is -0.491 e. The van der Waals surface area contributed by atoms with Gasteiger partial charge in [-0.05, 0) is 35.4 Å². The zero-order valence-corrected chi connectivity index (χ0v) is 21.3. The maximum atomic E-state index is 12.8. The summed E-state index contributed by atoms with van der Waals surface area (Å²) in [6.07, 6.45) is 0.327. The molecule has 0 fully saturated rings. The number of carboxylic acids is 1. The van der Waals surface area contributed by atoms with E-state index in [-0.39, 0.29) is 17.1 Å². The maximum Gasteiger partial charge on any atom is 0.321 e. The zero-order valence-electron chi connectivity index (χ0n) is 18.9. The molecule has 3 aromatic rings. The van der Waals surface area contributed by atoms with E-state index < -0.39 is 28.1 Å². The lowest BCUT2D eigenvalue weighted by Crippen LogP contribution is -2.43. The Morgan fingerprint density at radius 3 is 2.34 bits per heavy atom. The van der Waals surface area contributed by atoms with E-state index in [0.717, 1.165) is 15.5 Å². The Morgan fingerprint density at radius 2 is 1.77 bits per heavy atom. The van der Waals surface area contributed by atoms with Gasteiger partial charge in [0.05, 0.1) is 17.6 Å². The number of sulfonamides is 1. The molecule has 0 amide bonds. The molecule has 0 radical (unpaired) electrons. The molecule has 9 nitrogen and oxygen atoms in total. The topological polar surface area (TPSA) is 135 Å². The van der Waals surface area contributed by atoms with Gasteiger partial charge < -0.3 is 19.7 Å². The van der Waals surface area contributed by atoms with Crippen LogP contribution in [-0.4, -0.2) is 67.8 Å². The molecule has 0 saturated carbocycles. The molecule has 188 valence electrons. The van der Waals surface area contributed by atoms with E-state index in [1.54, 1.807) is 30.8 Å². The lowest BCUT2D eigenvalue weighted by atomic mass is 10.1. The molecule has 0 aliphatic rings. The predicted molar refractivity (Wildman–Crippen MR) is 134 cm³/mol. The Morgan fingerprint density at radius 1 is 1.11 bits per heavy atom. The summed E-state index contributed by atoms with van der Waals surface area (Å²) in [6.45, 7) is 0.924. The van der Waals surface area contributed by atoms with E-state index in [1.165, 1.54) is 35.2 Å². The van der Waals surface area contributed by atoms with Crippen LogP contribution in [0, 0.1) is 0 Å². The van der Waals surface area contributed by atoms with E-state index >= 15 is 0 Å². The molecular formula is C23H26N2O7S3. The number of ether oxygens (including phenoxy) is 2. The van der Waals surface area contributed by atoms with Gasteiger partial charge in [0.2, 0.25) is 10.0 Å². The number of benzene rings is 2. The van der Waals surface area contributed by atoms with Gasteiger partial charge in [0.25, 0.3) is 0 Å². The fourth-order valence-electron chi connectivity index (χ4n) is 3.06. The largest absolute Gasteiger partial charge is 0.491 e. The third-order valence-electron chi connectivity index (χ3n) is 4.82. The smallest absolute Gasteiger partial charge is 0.321 e. The van der Waals surface area contributed by atoms with Crippen LogP contribution in [0.5, 0.6) is 5.75 Å². The number of carboxylic acid groups (broad SMARTS) is 1. The van der Waals surface area contributed by atoms with Gasteiger partial charge in [-0.1, -0.05) is 36.0 Å². The van der Waals surface area contributed by atoms with Crippen molar-refractivity contribution < 1.29 is 32.9 Å². The molecule has 1 aromatic heterocycles. The van der Waals surface area contributed by atoms with E-state index in [2.05, 4.69) is 9.71 Å². The number of hydrogen-bond donors (Lipinski definition) is 3. The molecule has 35 heavy (non-hydrogen) atoms. The molecule has 0 aliphatic heterocycles. The molecule has 2 unspecified atom stereocenters. The molecule has 3 rings (SSSR count). The standard InChI is InChI=1S/C23H26N2O7S3/c1-31-11-12-32-19-6-2-16(3-7-19)17-4-8-20(9-5-17)35(29,30)25-21(22(27)28)14-18(26)15-34-23-24-10-13-33-23/h2-10,13,18,21,25-26H,11-12,14-15H2,1H3,(H,27,28). The number of nitrogens with zero attached hydrogens (tertiary/aromatic N) is 1. The SMILES string of the molecule is COCCOc1ccc(-c2ccc(S(=O)(=O)NC(CC(O)CSc3nccs3)C(=O)O)cc2)cc1. The molecule has 0 aliphatic carbocycles. The Labute approximate surface area is 212 Å². The first kappa shape index (κ1) is 27.1. The fourth-order valence-corrected chi connectivity index (χ4v) is 5.87. The van der Waals surface area contributed by atoms with Crippen LogP contribution in [0.3, 0.4) is 0 Å². The number of hydrogen-bond acceptors (Lipinski definition) is 9. The van der Waals surface area contributed by atoms with Crippen LogP contribution in [0.1, 0.15) is 6.42 Å². The molecule has 12 heteroatoms. The number of carbonyl (C=O) groups is 1. The average molecular weight is 539 g/mol. The van der Waals surface area contributed by atoms with Gasteiger partial charge >= 0.3 is 5.97 Å². The van der Waals surface area contributed by atoms with Crippen LogP contribution in [0.2, 0.25) is 0 Å². The molecule has 0 saturated heterocycles. The van der Waals surface area contributed by atoms with Crippen LogP contribution in [0.4, 0.5) is 0 Å². The minimum atomic E-state index is -4.12. The number of nitrogens with one attached hydrogen (secondary N) is 1. The van der Waals surface area contributed by atoms with Gasteiger partial charge in [0.1, 0.15) is 22.7 Å². The fraction of sp³-hybridized carbons (Fsp3) is 0.304. The van der Waals surface area contributed by atoms with Crippen molar-refractivity contribution in [2.45, 2.75) is 27.8 Å². The van der Waals surface area contributed by atoms with Crippen LogP contribution in [-0.2, 0) is 19.6 Å². The lowest BCUT2D eigenvalue weighted by Gasteiger charge is -2.18. The molecule has 2 atom stereocenters. The first-order valence-electron chi connectivity index (χ1n) is 10.6. The van der Waals surface area contributed by atoms with Gasteiger partial charge in [-0.2, -0.15) is 4.72 Å². The second-order valence-corrected chi connectivity index (χ2v) is 11.3. The second-order valence-electron chi connectivity index (χ2n) is 7.40. The summed E-state index contributed by atoms with van der Waals surface area (Å²) in [7, 11) is -2.52. The van der Waals surface area contributed by atoms with Gasteiger partial charge in [0.15, 0.2) is 0 Å². The predicted octanol–water partition coefficient (Wildman–Crippen LogP) is 3.11. The Kier molecular flexibility index (Phi) is 10.1. The summed E-state index contributed by atoms with van der Waals surface area (Å²) in [5.41, 5.74) is 1.65. The number of thiazole rings is 1. The minimum absolute atomic E-state index is 0.0707. The van der Waals surface area contributed by atoms with Crippen molar-refractivity contribution in [3.63, 3.8) is 0 Å². The maximum absolute atomic E-state index is 12.8. The molecule has 0 spiro atoms. The molecule has 0 bridgehead atoms. The average Bonchev–Trinajstić information content (AvgIpc) is 3.37. The van der Waals surface area contributed by atoms with E-state index in [9.17, 15) is 23.4 Å². The van der Waals surface area contributed by atoms with Crippen molar-refractivity contribution in [1.82, 2.24) is 9.71 Å². The number of aliphatic hydroxyl groups excluding tert-OH is 1. The third kappa shape index (κ3) is 8.30. The summed E-state index contributed by atoms with van der Waals surface area (Å²) in [5, 5.41) is 21.5. The number of aliphatic carboxylic acids is 1. The van der Waals surface area contributed by atoms with E-state index in [0.29, 0.717) is 19.0 Å². The number of thioether (sulfide) groups is 1. The van der Waals surface area contributed by atoms with Crippen molar-refractivity contribution in [2.75, 3.05) is 26.1 Å². The summed E-state index contributed by atoms with van der Waals surface area (Å²) in [6, 6.07) is 12.0. The van der Waals surface area contributed by atoms with Crippen LogP contribution in [0.25, 0.3) is 11.1 Å². The number of methoxy groups -OCH3 is 1. The molecular weight excluding hydrogens is 512 g/mol. The highest BCUT2D eigenvalue weighted by atomic mass is 32.2. The summed E-state index contributed by atoms with van der Waals surface area (Å²) in [4.78, 5) is 15.7. The van der Waals surface area contributed by atoms with Crippen molar-refractivity contribution in [3.8, 4) is 16.9 Å². The highest BCUT2D eigenvalue weighted by molar-refractivity contribution is 8.01. The van der Waals surface area contributed by atoms with Gasteiger partial charge in [-0.25, -0.2) is 13.4 Å². The zero-order chi connectivity index (χ0) is 25.3. The van der Waals surface area contributed by atoms with Crippen LogP contribution in [0.15, 0.2) is 69.3 Å². The normalized spacial score (nSPS) is 13.3. The van der Waals surface area contributed by atoms with Gasteiger partial charge in [0, 0.05) is 30.9 Å². The summed E-state index contributed by atoms with van der Waals surface area (Å²) in [5.74, 6) is -0.471. The highest BCUT2D eigenvalue weighted by Crippen LogP contribution is 2.25. The monoisotopic (exact) mass is 538 g/mol. The van der Waals surface area contributed by atoms with Crippen LogP contribution < -0.4 is 9.46 Å². The van der Waals surface area contributed by atoms with Crippen LogP contribution >= 0.6 is 23.1 Å². The first-order valence-corrected chi connectivity index (χ1v) is 13.9. The Balaban J connectivity index is 1.61. The van der Waals surface area contributed by atoms with E-state index in [1.807, 2.05) is 24.3 Å². The quantitative estimate of drug-likeness (QED) is 0.209.